The number of hydrogen-bond acceptors (Lipinski definition) is 3. The second kappa shape index (κ2) is 14.3. The van der Waals surface area contributed by atoms with Gasteiger partial charge in [-0.1, -0.05) is 83.3 Å². The molecule has 0 spiro atoms. The van der Waals surface area contributed by atoms with Crippen LogP contribution in [0.3, 0.4) is 0 Å². The molecule has 0 saturated heterocycles. The predicted octanol–water partition coefficient (Wildman–Crippen LogP) is 5.92. The summed E-state index contributed by atoms with van der Waals surface area (Å²) in [7, 11) is 0. The van der Waals surface area contributed by atoms with Gasteiger partial charge in [0.1, 0.15) is 5.75 Å². The SMILES string of the molecule is CCCCCCCCCCCCCC(=O)Oc1ccc(CC(=O)O)cc1. The average Bonchev–Trinajstić information content (AvgIpc) is 2.61. The Morgan fingerprint density at radius 1 is 0.808 bits per heavy atom. The minimum Gasteiger partial charge on any atom is -0.481 e. The summed E-state index contributed by atoms with van der Waals surface area (Å²) in [6.45, 7) is 2.24. The summed E-state index contributed by atoms with van der Waals surface area (Å²) in [5.41, 5.74) is 0.697. The Hall–Kier alpha value is -1.84. The number of carboxylic acid groups (broad SMARTS) is 1. The minimum absolute atomic E-state index is 0.0209. The van der Waals surface area contributed by atoms with E-state index in [0.717, 1.165) is 12.8 Å². The van der Waals surface area contributed by atoms with E-state index in [1.165, 1.54) is 57.8 Å². The van der Waals surface area contributed by atoms with E-state index in [-0.39, 0.29) is 12.4 Å². The number of esters is 1. The minimum atomic E-state index is -0.869. The second-order valence-corrected chi connectivity index (χ2v) is 6.97. The highest BCUT2D eigenvalue weighted by Gasteiger charge is 2.06. The van der Waals surface area contributed by atoms with Crippen molar-refractivity contribution in [2.45, 2.75) is 90.4 Å². The van der Waals surface area contributed by atoms with Gasteiger partial charge in [-0.15, -0.1) is 0 Å². The van der Waals surface area contributed by atoms with Crippen LogP contribution in [0.2, 0.25) is 0 Å². The lowest BCUT2D eigenvalue weighted by atomic mass is 10.1. The van der Waals surface area contributed by atoms with Crippen LogP contribution < -0.4 is 4.74 Å². The van der Waals surface area contributed by atoms with E-state index in [1.54, 1.807) is 24.3 Å². The fraction of sp³-hybridized carbons (Fsp3) is 0.636. The van der Waals surface area contributed by atoms with Gasteiger partial charge in [-0.25, -0.2) is 0 Å². The van der Waals surface area contributed by atoms with Crippen molar-refractivity contribution in [2.75, 3.05) is 0 Å². The molecule has 0 aliphatic rings. The number of ether oxygens (including phenoxy) is 1. The molecule has 0 radical (unpaired) electrons. The smallest absolute Gasteiger partial charge is 0.311 e. The van der Waals surface area contributed by atoms with Gasteiger partial charge in [-0.05, 0) is 24.1 Å². The molecule has 0 aliphatic carbocycles. The van der Waals surface area contributed by atoms with E-state index in [2.05, 4.69) is 6.92 Å². The molecule has 1 aromatic rings. The van der Waals surface area contributed by atoms with Crippen LogP contribution in [-0.4, -0.2) is 17.0 Å². The van der Waals surface area contributed by atoms with E-state index in [9.17, 15) is 9.59 Å². The van der Waals surface area contributed by atoms with Crippen LogP contribution in [0.4, 0.5) is 0 Å². The molecule has 0 fully saturated rings. The lowest BCUT2D eigenvalue weighted by Crippen LogP contribution is -2.07. The van der Waals surface area contributed by atoms with Crippen LogP contribution in [0.25, 0.3) is 0 Å². The van der Waals surface area contributed by atoms with Gasteiger partial charge in [0, 0.05) is 6.42 Å². The largest absolute Gasteiger partial charge is 0.481 e. The Morgan fingerprint density at radius 2 is 1.31 bits per heavy atom. The fourth-order valence-corrected chi connectivity index (χ4v) is 2.97. The van der Waals surface area contributed by atoms with Crippen molar-refractivity contribution in [3.8, 4) is 5.75 Å². The standard InChI is InChI=1S/C22H34O4/c1-2-3-4-5-6-7-8-9-10-11-12-13-22(25)26-20-16-14-19(15-17-20)18-21(23)24/h14-17H,2-13,18H2,1H3,(H,23,24). The van der Waals surface area contributed by atoms with Crippen LogP contribution in [0.15, 0.2) is 24.3 Å². The van der Waals surface area contributed by atoms with Crippen molar-refractivity contribution in [3.63, 3.8) is 0 Å². The summed E-state index contributed by atoms with van der Waals surface area (Å²) >= 11 is 0. The molecule has 1 N–H and O–H groups in total. The Balaban J connectivity index is 2.00. The predicted molar refractivity (Wildman–Crippen MR) is 104 cm³/mol. The van der Waals surface area contributed by atoms with Crippen LogP contribution in [0.5, 0.6) is 5.75 Å². The number of carbonyl (C=O) groups is 2. The van der Waals surface area contributed by atoms with Gasteiger partial charge in [0.15, 0.2) is 0 Å². The van der Waals surface area contributed by atoms with E-state index in [1.807, 2.05) is 0 Å². The zero-order valence-electron chi connectivity index (χ0n) is 16.2. The van der Waals surface area contributed by atoms with E-state index >= 15 is 0 Å². The first-order valence-electron chi connectivity index (χ1n) is 10.1. The van der Waals surface area contributed by atoms with Gasteiger partial charge in [0.2, 0.25) is 0 Å². The fourth-order valence-electron chi connectivity index (χ4n) is 2.97. The third-order valence-corrected chi connectivity index (χ3v) is 4.49. The zero-order chi connectivity index (χ0) is 19.0. The number of carboxylic acids is 1. The second-order valence-electron chi connectivity index (χ2n) is 6.97. The lowest BCUT2D eigenvalue weighted by molar-refractivity contribution is -0.136. The van der Waals surface area contributed by atoms with Gasteiger partial charge >= 0.3 is 11.9 Å². The lowest BCUT2D eigenvalue weighted by Gasteiger charge is -2.05. The average molecular weight is 363 g/mol. The number of aliphatic carboxylic acids is 1. The summed E-state index contributed by atoms with van der Waals surface area (Å²) in [6.07, 6.45) is 14.2. The molecular weight excluding hydrogens is 328 g/mol. The van der Waals surface area contributed by atoms with Gasteiger partial charge in [-0.3, -0.25) is 9.59 Å². The first kappa shape index (κ1) is 22.2. The normalized spacial score (nSPS) is 10.7. The van der Waals surface area contributed by atoms with Crippen molar-refractivity contribution >= 4 is 11.9 Å². The van der Waals surface area contributed by atoms with Gasteiger partial charge < -0.3 is 9.84 Å². The quantitative estimate of drug-likeness (QED) is 0.239. The van der Waals surface area contributed by atoms with Crippen LogP contribution in [-0.2, 0) is 16.0 Å². The molecule has 1 aromatic carbocycles. The number of benzene rings is 1. The molecule has 0 heterocycles. The Bertz CT molecular complexity index is 507. The van der Waals surface area contributed by atoms with E-state index < -0.39 is 5.97 Å². The summed E-state index contributed by atoms with van der Waals surface area (Å²) in [6, 6.07) is 6.66. The molecule has 0 atom stereocenters. The van der Waals surface area contributed by atoms with Crippen molar-refractivity contribution < 1.29 is 19.4 Å². The number of unbranched alkanes of at least 4 members (excludes halogenated alkanes) is 10. The third-order valence-electron chi connectivity index (χ3n) is 4.49. The summed E-state index contributed by atoms with van der Waals surface area (Å²) in [5.74, 6) is -0.606. The van der Waals surface area contributed by atoms with Crippen LogP contribution >= 0.6 is 0 Å². The number of rotatable bonds is 15. The maximum Gasteiger partial charge on any atom is 0.311 e. The van der Waals surface area contributed by atoms with Crippen LogP contribution in [0.1, 0.15) is 89.5 Å². The summed E-state index contributed by atoms with van der Waals surface area (Å²) in [5, 5.41) is 8.73. The molecule has 0 bridgehead atoms. The van der Waals surface area contributed by atoms with Gasteiger partial charge in [0.05, 0.1) is 6.42 Å². The van der Waals surface area contributed by atoms with Crippen molar-refractivity contribution in [3.05, 3.63) is 29.8 Å². The zero-order valence-corrected chi connectivity index (χ0v) is 16.2. The van der Waals surface area contributed by atoms with E-state index in [4.69, 9.17) is 9.84 Å². The first-order chi connectivity index (χ1) is 12.6. The van der Waals surface area contributed by atoms with Gasteiger partial charge in [0.25, 0.3) is 0 Å². The van der Waals surface area contributed by atoms with Crippen molar-refractivity contribution in [2.24, 2.45) is 0 Å². The highest BCUT2D eigenvalue weighted by atomic mass is 16.5. The van der Waals surface area contributed by atoms with E-state index in [0.29, 0.717) is 17.7 Å². The highest BCUT2D eigenvalue weighted by Crippen LogP contribution is 2.15. The molecular formula is C22H34O4. The van der Waals surface area contributed by atoms with Crippen molar-refractivity contribution in [1.29, 1.82) is 0 Å². The maximum absolute atomic E-state index is 11.8. The summed E-state index contributed by atoms with van der Waals surface area (Å²) < 4.78 is 5.28. The topological polar surface area (TPSA) is 63.6 Å². The molecule has 146 valence electrons. The Kier molecular flexibility index (Phi) is 12.2. The monoisotopic (exact) mass is 362 g/mol. The molecule has 26 heavy (non-hydrogen) atoms. The first-order valence-corrected chi connectivity index (χ1v) is 10.1. The summed E-state index contributed by atoms with van der Waals surface area (Å²) in [4.78, 5) is 22.4. The Labute approximate surface area is 158 Å². The molecule has 0 unspecified atom stereocenters. The molecule has 0 amide bonds. The Morgan fingerprint density at radius 3 is 1.81 bits per heavy atom. The molecule has 0 saturated carbocycles. The highest BCUT2D eigenvalue weighted by molar-refractivity contribution is 5.72. The van der Waals surface area contributed by atoms with Crippen molar-refractivity contribution in [1.82, 2.24) is 0 Å². The molecule has 4 heteroatoms. The number of carbonyl (C=O) groups excluding carboxylic acids is 1. The van der Waals surface area contributed by atoms with Crippen LogP contribution in [0, 0.1) is 0 Å². The molecule has 0 aromatic heterocycles. The third kappa shape index (κ3) is 11.7. The maximum atomic E-state index is 11.8. The molecule has 1 rings (SSSR count). The number of hydrogen-bond donors (Lipinski definition) is 1. The molecule has 0 aliphatic heterocycles. The molecule has 4 nitrogen and oxygen atoms in total. The van der Waals surface area contributed by atoms with Gasteiger partial charge in [-0.2, -0.15) is 0 Å².